The molecule has 0 saturated carbocycles. The molecule has 0 bridgehead atoms. The molecular formula is C13H15ClN4. The number of rotatable bonds is 2. The smallest absolute Gasteiger partial charge is 0.224 e. The van der Waals surface area contributed by atoms with Gasteiger partial charge in [-0.25, -0.2) is 4.98 Å². The van der Waals surface area contributed by atoms with Crippen LogP contribution in [0.3, 0.4) is 0 Å². The lowest BCUT2D eigenvalue weighted by molar-refractivity contribution is 1.11. The van der Waals surface area contributed by atoms with Gasteiger partial charge in [-0.05, 0) is 49.6 Å². The van der Waals surface area contributed by atoms with Gasteiger partial charge in [0.2, 0.25) is 5.28 Å². The zero-order valence-corrected chi connectivity index (χ0v) is 11.3. The van der Waals surface area contributed by atoms with Crippen LogP contribution in [0.5, 0.6) is 0 Å². The summed E-state index contributed by atoms with van der Waals surface area (Å²) in [6.07, 6.45) is 0. The summed E-state index contributed by atoms with van der Waals surface area (Å²) in [5, 5.41) is 3.39. The molecule has 1 aromatic carbocycles. The zero-order chi connectivity index (χ0) is 13.3. The molecule has 0 spiro atoms. The van der Waals surface area contributed by atoms with Gasteiger partial charge < -0.3 is 11.1 Å². The summed E-state index contributed by atoms with van der Waals surface area (Å²) in [5.74, 6) is 0.543. The Morgan fingerprint density at radius 1 is 1.17 bits per heavy atom. The van der Waals surface area contributed by atoms with E-state index in [1.807, 2.05) is 26.0 Å². The Morgan fingerprint density at radius 2 is 1.89 bits per heavy atom. The number of hydrogen-bond donors (Lipinski definition) is 2. The van der Waals surface area contributed by atoms with Crippen molar-refractivity contribution in [3.63, 3.8) is 0 Å². The summed E-state index contributed by atoms with van der Waals surface area (Å²) in [5.41, 5.74) is 10.4. The van der Waals surface area contributed by atoms with Crippen LogP contribution in [-0.4, -0.2) is 9.97 Å². The van der Waals surface area contributed by atoms with Crippen molar-refractivity contribution < 1.29 is 0 Å². The van der Waals surface area contributed by atoms with Crippen molar-refractivity contribution in [1.29, 1.82) is 0 Å². The number of halogens is 1. The first kappa shape index (κ1) is 12.6. The Labute approximate surface area is 111 Å². The quantitative estimate of drug-likeness (QED) is 0.815. The van der Waals surface area contributed by atoms with Crippen LogP contribution in [0.25, 0.3) is 0 Å². The highest BCUT2D eigenvalue weighted by Gasteiger charge is 2.09. The number of nitrogens with zero attached hydrogens (tertiary/aromatic N) is 2. The molecule has 0 fully saturated rings. The van der Waals surface area contributed by atoms with Crippen LogP contribution in [0.4, 0.5) is 17.2 Å². The van der Waals surface area contributed by atoms with E-state index < -0.39 is 0 Å². The number of hydrogen-bond acceptors (Lipinski definition) is 4. The van der Waals surface area contributed by atoms with Gasteiger partial charge in [-0.2, -0.15) is 4.98 Å². The van der Waals surface area contributed by atoms with Crippen LogP contribution in [0.2, 0.25) is 5.28 Å². The Bertz CT molecular complexity index is 596. The number of anilines is 3. The van der Waals surface area contributed by atoms with E-state index in [0.717, 1.165) is 11.3 Å². The molecular weight excluding hydrogens is 248 g/mol. The zero-order valence-electron chi connectivity index (χ0n) is 10.6. The van der Waals surface area contributed by atoms with Gasteiger partial charge in [-0.3, -0.25) is 0 Å². The van der Waals surface area contributed by atoms with Crippen molar-refractivity contribution in [2.75, 3.05) is 11.1 Å². The van der Waals surface area contributed by atoms with Crippen LogP contribution in [0, 0.1) is 20.8 Å². The molecule has 0 saturated heterocycles. The number of benzene rings is 1. The number of aromatic nitrogens is 2. The highest BCUT2D eigenvalue weighted by atomic mass is 35.5. The largest absolute Gasteiger partial charge is 0.394 e. The Kier molecular flexibility index (Phi) is 3.39. The van der Waals surface area contributed by atoms with E-state index >= 15 is 0 Å². The fraction of sp³-hybridized carbons (Fsp3) is 0.231. The maximum atomic E-state index is 5.94. The molecule has 2 aromatic rings. The van der Waals surface area contributed by atoms with Gasteiger partial charge >= 0.3 is 0 Å². The van der Waals surface area contributed by atoms with Crippen molar-refractivity contribution >= 4 is 28.8 Å². The summed E-state index contributed by atoms with van der Waals surface area (Å²) >= 11 is 5.84. The minimum atomic E-state index is 0.189. The molecule has 0 aliphatic carbocycles. The van der Waals surface area contributed by atoms with E-state index in [0.29, 0.717) is 17.2 Å². The second-order valence-corrected chi connectivity index (χ2v) is 4.62. The minimum absolute atomic E-state index is 0.189. The predicted octanol–water partition coefficient (Wildman–Crippen LogP) is 3.38. The van der Waals surface area contributed by atoms with Crippen molar-refractivity contribution in [2.45, 2.75) is 20.8 Å². The third-order valence-electron chi connectivity index (χ3n) is 2.76. The lowest BCUT2D eigenvalue weighted by Gasteiger charge is -2.12. The molecule has 0 atom stereocenters. The van der Waals surface area contributed by atoms with E-state index in [-0.39, 0.29) is 5.28 Å². The SMILES string of the molecule is Cc1ccc(C)c(Nc2nc(Cl)nc(C)c2N)c1. The summed E-state index contributed by atoms with van der Waals surface area (Å²) in [4.78, 5) is 8.12. The Hall–Kier alpha value is -1.81. The first-order valence-corrected chi connectivity index (χ1v) is 5.99. The number of nitrogen functional groups attached to an aromatic ring is 1. The summed E-state index contributed by atoms with van der Waals surface area (Å²) in [6, 6.07) is 6.14. The van der Waals surface area contributed by atoms with E-state index in [2.05, 4.69) is 21.4 Å². The van der Waals surface area contributed by atoms with E-state index in [9.17, 15) is 0 Å². The normalized spacial score (nSPS) is 10.4. The van der Waals surface area contributed by atoms with Crippen LogP contribution in [-0.2, 0) is 0 Å². The highest BCUT2D eigenvalue weighted by Crippen LogP contribution is 2.26. The molecule has 4 nitrogen and oxygen atoms in total. The maximum absolute atomic E-state index is 5.94. The summed E-state index contributed by atoms with van der Waals surface area (Å²) < 4.78 is 0. The second-order valence-electron chi connectivity index (χ2n) is 4.28. The fourth-order valence-corrected chi connectivity index (χ4v) is 1.85. The molecule has 5 heteroatoms. The third-order valence-corrected chi connectivity index (χ3v) is 2.92. The first-order valence-electron chi connectivity index (χ1n) is 5.61. The van der Waals surface area contributed by atoms with Crippen molar-refractivity contribution in [3.8, 4) is 0 Å². The van der Waals surface area contributed by atoms with E-state index in [1.54, 1.807) is 6.92 Å². The molecule has 2 rings (SSSR count). The van der Waals surface area contributed by atoms with Crippen LogP contribution in [0.1, 0.15) is 16.8 Å². The van der Waals surface area contributed by atoms with Crippen LogP contribution >= 0.6 is 11.6 Å². The van der Waals surface area contributed by atoms with Gasteiger partial charge in [0.05, 0.1) is 11.4 Å². The molecule has 0 amide bonds. The van der Waals surface area contributed by atoms with Gasteiger partial charge in [-0.1, -0.05) is 12.1 Å². The van der Waals surface area contributed by atoms with Gasteiger partial charge in [0.15, 0.2) is 5.82 Å². The lowest BCUT2D eigenvalue weighted by Crippen LogP contribution is -2.04. The van der Waals surface area contributed by atoms with Gasteiger partial charge in [0, 0.05) is 5.69 Å². The van der Waals surface area contributed by atoms with Crippen molar-refractivity contribution in [3.05, 3.63) is 40.3 Å². The van der Waals surface area contributed by atoms with Crippen LogP contribution < -0.4 is 11.1 Å². The average molecular weight is 263 g/mol. The Balaban J connectivity index is 2.43. The molecule has 1 aromatic heterocycles. The van der Waals surface area contributed by atoms with Crippen molar-refractivity contribution in [1.82, 2.24) is 9.97 Å². The number of nitrogens with two attached hydrogens (primary N) is 1. The van der Waals surface area contributed by atoms with Crippen molar-refractivity contribution in [2.24, 2.45) is 0 Å². The topological polar surface area (TPSA) is 63.8 Å². The molecule has 1 heterocycles. The molecule has 18 heavy (non-hydrogen) atoms. The number of aryl methyl sites for hydroxylation is 3. The summed E-state index contributed by atoms with van der Waals surface area (Å²) in [7, 11) is 0. The Morgan fingerprint density at radius 3 is 2.61 bits per heavy atom. The highest BCUT2D eigenvalue weighted by molar-refractivity contribution is 6.28. The second kappa shape index (κ2) is 4.82. The lowest BCUT2D eigenvalue weighted by atomic mass is 10.1. The monoisotopic (exact) mass is 262 g/mol. The maximum Gasteiger partial charge on any atom is 0.224 e. The van der Waals surface area contributed by atoms with Gasteiger partial charge in [0.1, 0.15) is 0 Å². The molecule has 0 aliphatic rings. The fourth-order valence-electron chi connectivity index (χ4n) is 1.64. The standard InChI is InChI=1S/C13H15ClN4/c1-7-4-5-8(2)10(6-7)17-12-11(15)9(3)16-13(14)18-12/h4-6H,15H2,1-3H3,(H,16,17,18). The van der Waals surface area contributed by atoms with E-state index in [1.165, 1.54) is 5.56 Å². The summed E-state index contributed by atoms with van der Waals surface area (Å²) in [6.45, 7) is 5.86. The van der Waals surface area contributed by atoms with E-state index in [4.69, 9.17) is 17.3 Å². The molecule has 94 valence electrons. The van der Waals surface area contributed by atoms with Crippen LogP contribution in [0.15, 0.2) is 18.2 Å². The minimum Gasteiger partial charge on any atom is -0.394 e. The molecule has 3 N–H and O–H groups in total. The van der Waals surface area contributed by atoms with Gasteiger partial charge in [-0.15, -0.1) is 0 Å². The average Bonchev–Trinajstić information content (AvgIpc) is 2.30. The first-order chi connectivity index (χ1) is 8.47. The number of nitrogens with one attached hydrogen (secondary N) is 1. The molecule has 0 radical (unpaired) electrons. The van der Waals surface area contributed by atoms with Gasteiger partial charge in [0.25, 0.3) is 0 Å². The third kappa shape index (κ3) is 2.54. The molecule has 0 aliphatic heterocycles. The predicted molar refractivity (Wildman–Crippen MR) is 75.4 cm³/mol. The molecule has 0 unspecified atom stereocenters.